The van der Waals surface area contributed by atoms with Crippen LogP contribution in [0.3, 0.4) is 0 Å². The lowest BCUT2D eigenvalue weighted by Gasteiger charge is -2.05. The van der Waals surface area contributed by atoms with E-state index in [1.807, 2.05) is 0 Å². The summed E-state index contributed by atoms with van der Waals surface area (Å²) in [6.45, 7) is -0.228. The minimum Gasteiger partial charge on any atom is -0.492 e. The van der Waals surface area contributed by atoms with Crippen molar-refractivity contribution in [3.05, 3.63) is 39.9 Å². The average Bonchev–Trinajstić information content (AvgIpc) is 2.24. The van der Waals surface area contributed by atoms with E-state index in [0.717, 1.165) is 0 Å². The molecule has 0 heterocycles. The molecule has 7 heteroatoms. The Hall–Kier alpha value is -2.31. The molecule has 1 aromatic rings. The van der Waals surface area contributed by atoms with E-state index in [-0.39, 0.29) is 18.8 Å². The van der Waals surface area contributed by atoms with Crippen LogP contribution < -0.4 is 4.74 Å². The predicted octanol–water partition coefficient (Wildman–Crippen LogP) is 0.972. The van der Waals surface area contributed by atoms with Crippen LogP contribution in [0.25, 0.3) is 0 Å². The van der Waals surface area contributed by atoms with Gasteiger partial charge in [0.15, 0.2) is 0 Å². The molecular weight excluding hydrogens is 218 g/mol. The summed E-state index contributed by atoms with van der Waals surface area (Å²) >= 11 is 0. The summed E-state index contributed by atoms with van der Waals surface area (Å²) in [6, 6.07) is 5.82. The minimum absolute atomic E-state index is 0.0238. The zero-order valence-corrected chi connectivity index (χ0v) is 8.16. The second kappa shape index (κ2) is 5.54. The fourth-order valence-corrected chi connectivity index (χ4v) is 0.990. The van der Waals surface area contributed by atoms with Crippen LogP contribution in [0.4, 0.5) is 0 Å². The van der Waals surface area contributed by atoms with E-state index in [1.165, 1.54) is 18.2 Å². The van der Waals surface area contributed by atoms with Gasteiger partial charge in [-0.1, -0.05) is 6.07 Å². The van der Waals surface area contributed by atoms with Crippen molar-refractivity contribution in [1.29, 1.82) is 0 Å². The number of ether oxygens (including phenoxy) is 1. The molecule has 0 amide bonds. The van der Waals surface area contributed by atoms with Crippen LogP contribution in [-0.4, -0.2) is 29.4 Å². The van der Waals surface area contributed by atoms with E-state index in [9.17, 15) is 14.9 Å². The summed E-state index contributed by atoms with van der Waals surface area (Å²) in [5.41, 5.74) is 0.0905. The van der Waals surface area contributed by atoms with E-state index in [0.29, 0.717) is 5.75 Å². The molecule has 0 bridgehead atoms. The molecule has 0 unspecified atom stereocenters. The molecule has 7 nitrogen and oxygen atoms in total. The first kappa shape index (κ1) is 11.8. The third kappa shape index (κ3) is 3.82. The number of benzene rings is 1. The molecule has 0 fully saturated rings. The van der Waals surface area contributed by atoms with E-state index in [4.69, 9.17) is 9.84 Å². The van der Waals surface area contributed by atoms with Gasteiger partial charge in [0.05, 0.1) is 5.56 Å². The van der Waals surface area contributed by atoms with Crippen molar-refractivity contribution in [3.8, 4) is 5.75 Å². The SMILES string of the molecule is O=C(O)c1cccc(OCCO[N+](=O)[O-])c1. The Morgan fingerprint density at radius 1 is 1.44 bits per heavy atom. The molecule has 0 saturated carbocycles. The highest BCUT2D eigenvalue weighted by atomic mass is 17.0. The Kier molecular flexibility index (Phi) is 4.07. The highest BCUT2D eigenvalue weighted by molar-refractivity contribution is 5.87. The Bertz CT molecular complexity index is 391. The zero-order chi connectivity index (χ0) is 12.0. The van der Waals surface area contributed by atoms with Crippen molar-refractivity contribution < 1.29 is 24.6 Å². The van der Waals surface area contributed by atoms with E-state index < -0.39 is 11.1 Å². The zero-order valence-electron chi connectivity index (χ0n) is 8.16. The van der Waals surface area contributed by atoms with Gasteiger partial charge < -0.3 is 14.7 Å². The number of hydrogen-bond donors (Lipinski definition) is 1. The topological polar surface area (TPSA) is 98.9 Å². The molecule has 0 aromatic heterocycles. The van der Waals surface area contributed by atoms with Gasteiger partial charge in [-0.05, 0) is 18.2 Å². The van der Waals surface area contributed by atoms with Crippen molar-refractivity contribution in [1.82, 2.24) is 0 Å². The normalized spacial score (nSPS) is 9.50. The molecule has 1 rings (SSSR count). The number of carboxylic acid groups (broad SMARTS) is 1. The summed E-state index contributed by atoms with van der Waals surface area (Å²) in [6.07, 6.45) is 0. The lowest BCUT2D eigenvalue weighted by Crippen LogP contribution is -2.10. The van der Waals surface area contributed by atoms with Crippen LogP contribution in [0.5, 0.6) is 5.75 Å². The van der Waals surface area contributed by atoms with Crippen LogP contribution in [0.2, 0.25) is 0 Å². The lowest BCUT2D eigenvalue weighted by atomic mass is 10.2. The maximum absolute atomic E-state index is 10.6. The highest BCUT2D eigenvalue weighted by Gasteiger charge is 2.03. The van der Waals surface area contributed by atoms with Gasteiger partial charge in [-0.15, -0.1) is 10.1 Å². The van der Waals surface area contributed by atoms with Crippen LogP contribution in [0, 0.1) is 10.1 Å². The number of carboxylic acids is 1. The van der Waals surface area contributed by atoms with Crippen LogP contribution in [0.1, 0.15) is 10.4 Å². The van der Waals surface area contributed by atoms with Crippen molar-refractivity contribution in [2.45, 2.75) is 0 Å². The molecule has 16 heavy (non-hydrogen) atoms. The first-order chi connectivity index (χ1) is 7.59. The maximum atomic E-state index is 10.6. The van der Waals surface area contributed by atoms with Gasteiger partial charge >= 0.3 is 5.97 Å². The second-order valence-electron chi connectivity index (χ2n) is 2.74. The minimum atomic E-state index is -1.06. The molecule has 0 atom stereocenters. The van der Waals surface area contributed by atoms with Gasteiger partial charge in [-0.2, -0.15) is 0 Å². The molecule has 0 aliphatic heterocycles. The van der Waals surface area contributed by atoms with Crippen molar-refractivity contribution >= 4 is 5.97 Å². The van der Waals surface area contributed by atoms with Gasteiger partial charge in [-0.25, -0.2) is 4.79 Å². The number of hydrogen-bond acceptors (Lipinski definition) is 5. The summed E-state index contributed by atoms with van der Waals surface area (Å²) in [5.74, 6) is -0.737. The van der Waals surface area contributed by atoms with Gasteiger partial charge in [0.25, 0.3) is 5.09 Å². The van der Waals surface area contributed by atoms with Crippen molar-refractivity contribution in [2.24, 2.45) is 0 Å². The third-order valence-electron chi connectivity index (χ3n) is 1.63. The maximum Gasteiger partial charge on any atom is 0.335 e. The molecule has 0 radical (unpaired) electrons. The summed E-state index contributed by atoms with van der Waals surface area (Å²) in [7, 11) is 0. The Balaban J connectivity index is 2.45. The van der Waals surface area contributed by atoms with Gasteiger partial charge in [-0.3, -0.25) is 0 Å². The Morgan fingerprint density at radius 3 is 2.81 bits per heavy atom. The summed E-state index contributed by atoms with van der Waals surface area (Å²) in [5, 5.41) is 17.6. The largest absolute Gasteiger partial charge is 0.492 e. The molecule has 0 aliphatic rings. The smallest absolute Gasteiger partial charge is 0.335 e. The van der Waals surface area contributed by atoms with Gasteiger partial charge in [0.1, 0.15) is 19.0 Å². The van der Waals surface area contributed by atoms with E-state index >= 15 is 0 Å². The van der Waals surface area contributed by atoms with Gasteiger partial charge in [0, 0.05) is 0 Å². The molecule has 1 aromatic carbocycles. The molecule has 0 saturated heterocycles. The van der Waals surface area contributed by atoms with E-state index in [1.54, 1.807) is 6.07 Å². The fraction of sp³-hybridized carbons (Fsp3) is 0.222. The summed E-state index contributed by atoms with van der Waals surface area (Å²) < 4.78 is 5.05. The third-order valence-corrected chi connectivity index (χ3v) is 1.63. The highest BCUT2D eigenvalue weighted by Crippen LogP contribution is 2.12. The molecular formula is C9H9NO6. The monoisotopic (exact) mass is 227 g/mol. The van der Waals surface area contributed by atoms with Crippen LogP contribution in [-0.2, 0) is 4.84 Å². The number of nitrogens with zero attached hydrogens (tertiary/aromatic N) is 1. The van der Waals surface area contributed by atoms with Crippen molar-refractivity contribution in [2.75, 3.05) is 13.2 Å². The van der Waals surface area contributed by atoms with Gasteiger partial charge in [0.2, 0.25) is 0 Å². The Morgan fingerprint density at radius 2 is 2.19 bits per heavy atom. The second-order valence-corrected chi connectivity index (χ2v) is 2.74. The summed E-state index contributed by atoms with van der Waals surface area (Å²) in [4.78, 5) is 24.4. The van der Waals surface area contributed by atoms with E-state index in [2.05, 4.69) is 4.84 Å². The van der Waals surface area contributed by atoms with Crippen molar-refractivity contribution in [3.63, 3.8) is 0 Å². The first-order valence-corrected chi connectivity index (χ1v) is 4.33. The number of rotatable bonds is 6. The predicted molar refractivity (Wildman–Crippen MR) is 51.8 cm³/mol. The quantitative estimate of drug-likeness (QED) is 0.441. The van der Waals surface area contributed by atoms with Crippen LogP contribution in [0.15, 0.2) is 24.3 Å². The standard InChI is InChI=1S/C9H9NO6/c11-9(12)7-2-1-3-8(6-7)15-4-5-16-10(13)14/h1-3,6H,4-5H2,(H,11,12). The lowest BCUT2D eigenvalue weighted by molar-refractivity contribution is -0.757. The molecule has 0 spiro atoms. The van der Waals surface area contributed by atoms with Crippen LogP contribution >= 0.6 is 0 Å². The number of aromatic carboxylic acids is 1. The number of carbonyl (C=O) groups is 1. The average molecular weight is 227 g/mol. The fourth-order valence-electron chi connectivity index (χ4n) is 0.990. The molecule has 0 aliphatic carbocycles. The Labute approximate surface area is 90.3 Å². The molecule has 86 valence electrons. The first-order valence-electron chi connectivity index (χ1n) is 4.33. The molecule has 1 N–H and O–H groups in total.